The van der Waals surface area contributed by atoms with Gasteiger partial charge in [0.25, 0.3) is 5.91 Å². The second-order valence-electron chi connectivity index (χ2n) is 5.61. The molecule has 0 spiro atoms. The van der Waals surface area contributed by atoms with Crippen molar-refractivity contribution in [3.63, 3.8) is 0 Å². The number of halogens is 1. The highest BCUT2D eigenvalue weighted by molar-refractivity contribution is 6.30. The van der Waals surface area contributed by atoms with E-state index in [9.17, 15) is 4.79 Å². The van der Waals surface area contributed by atoms with Crippen molar-refractivity contribution in [1.82, 2.24) is 9.88 Å². The monoisotopic (exact) mass is 310 g/mol. The summed E-state index contributed by atoms with van der Waals surface area (Å²) in [6, 6.07) is 15.4. The van der Waals surface area contributed by atoms with Crippen LogP contribution in [0.4, 0.5) is 0 Å². The summed E-state index contributed by atoms with van der Waals surface area (Å²) in [7, 11) is 0. The summed E-state index contributed by atoms with van der Waals surface area (Å²) >= 11 is 5.99. The fourth-order valence-electron chi connectivity index (χ4n) is 3.17. The first kappa shape index (κ1) is 13.4. The molecule has 1 amide bonds. The van der Waals surface area contributed by atoms with Crippen molar-refractivity contribution in [3.8, 4) is 0 Å². The number of nitrogens with one attached hydrogen (secondary N) is 1. The van der Waals surface area contributed by atoms with Gasteiger partial charge in [-0.1, -0.05) is 35.9 Å². The van der Waals surface area contributed by atoms with Gasteiger partial charge in [0.05, 0.1) is 6.54 Å². The lowest BCUT2D eigenvalue weighted by Crippen LogP contribution is -2.35. The second kappa shape index (κ2) is 5.18. The van der Waals surface area contributed by atoms with Crippen LogP contribution in [0, 0.1) is 0 Å². The van der Waals surface area contributed by atoms with Crippen molar-refractivity contribution in [1.29, 1.82) is 0 Å². The summed E-state index contributed by atoms with van der Waals surface area (Å²) in [5.41, 5.74) is 4.27. The third kappa shape index (κ3) is 2.18. The molecule has 1 aliphatic heterocycles. The molecular weight excluding hydrogens is 296 g/mol. The molecule has 1 aliphatic rings. The van der Waals surface area contributed by atoms with E-state index >= 15 is 0 Å². The van der Waals surface area contributed by atoms with Crippen LogP contribution in [0.1, 0.15) is 21.6 Å². The van der Waals surface area contributed by atoms with Crippen molar-refractivity contribution in [2.45, 2.75) is 13.0 Å². The van der Waals surface area contributed by atoms with Gasteiger partial charge in [0, 0.05) is 33.7 Å². The minimum atomic E-state index is 0.0341. The lowest BCUT2D eigenvalue weighted by Gasteiger charge is -2.27. The maximum Gasteiger partial charge on any atom is 0.254 e. The number of amides is 1. The lowest BCUT2D eigenvalue weighted by atomic mass is 10.0. The predicted molar refractivity (Wildman–Crippen MR) is 88.2 cm³/mol. The predicted octanol–water partition coefficient (Wildman–Crippen LogP) is 4.02. The fourth-order valence-corrected chi connectivity index (χ4v) is 3.36. The van der Waals surface area contributed by atoms with Crippen molar-refractivity contribution >= 4 is 28.4 Å². The summed E-state index contributed by atoms with van der Waals surface area (Å²) in [6.45, 7) is 1.36. The molecule has 0 saturated heterocycles. The number of H-pyrrole nitrogens is 1. The molecule has 0 bridgehead atoms. The molecule has 22 heavy (non-hydrogen) atoms. The number of nitrogens with zero attached hydrogens (tertiary/aromatic N) is 1. The molecule has 3 aromatic rings. The Bertz CT molecular complexity index is 868. The minimum absolute atomic E-state index is 0.0341. The molecule has 2 heterocycles. The van der Waals surface area contributed by atoms with Gasteiger partial charge in [-0.2, -0.15) is 0 Å². The van der Waals surface area contributed by atoms with Gasteiger partial charge in [0.1, 0.15) is 0 Å². The van der Waals surface area contributed by atoms with Crippen molar-refractivity contribution in [3.05, 3.63) is 70.4 Å². The number of hydrogen-bond acceptors (Lipinski definition) is 1. The largest absolute Gasteiger partial charge is 0.357 e. The van der Waals surface area contributed by atoms with Gasteiger partial charge in [-0.3, -0.25) is 4.79 Å². The van der Waals surface area contributed by atoms with Crippen LogP contribution >= 0.6 is 11.6 Å². The highest BCUT2D eigenvalue weighted by atomic mass is 35.5. The average Bonchev–Trinajstić information content (AvgIpc) is 2.91. The number of aromatic amines is 1. The quantitative estimate of drug-likeness (QED) is 0.724. The molecule has 0 fully saturated rings. The van der Waals surface area contributed by atoms with Crippen LogP contribution in [-0.4, -0.2) is 22.3 Å². The second-order valence-corrected chi connectivity index (χ2v) is 6.05. The molecule has 4 heteroatoms. The molecule has 0 unspecified atom stereocenters. The highest BCUT2D eigenvalue weighted by Crippen LogP contribution is 2.28. The number of carbonyl (C=O) groups excluding carboxylic acids is 1. The van der Waals surface area contributed by atoms with Crippen LogP contribution in [0.25, 0.3) is 10.9 Å². The van der Waals surface area contributed by atoms with Crippen LogP contribution in [0.3, 0.4) is 0 Å². The van der Waals surface area contributed by atoms with E-state index in [1.165, 1.54) is 10.9 Å². The van der Waals surface area contributed by atoms with E-state index < -0.39 is 0 Å². The van der Waals surface area contributed by atoms with Gasteiger partial charge in [-0.15, -0.1) is 0 Å². The summed E-state index contributed by atoms with van der Waals surface area (Å²) in [5.74, 6) is 0.0341. The molecule has 2 aromatic carbocycles. The van der Waals surface area contributed by atoms with Crippen LogP contribution in [-0.2, 0) is 13.0 Å². The number of rotatable bonds is 1. The molecule has 1 N–H and O–H groups in total. The molecule has 110 valence electrons. The Morgan fingerprint density at radius 1 is 1.14 bits per heavy atom. The van der Waals surface area contributed by atoms with E-state index in [0.717, 1.165) is 24.2 Å². The van der Waals surface area contributed by atoms with Gasteiger partial charge >= 0.3 is 0 Å². The highest BCUT2D eigenvalue weighted by Gasteiger charge is 2.24. The molecule has 3 nitrogen and oxygen atoms in total. The van der Waals surface area contributed by atoms with E-state index in [2.05, 4.69) is 23.2 Å². The molecule has 4 rings (SSSR count). The molecule has 1 aromatic heterocycles. The summed E-state index contributed by atoms with van der Waals surface area (Å²) in [5, 5.41) is 1.86. The van der Waals surface area contributed by atoms with Crippen LogP contribution in [0.2, 0.25) is 5.02 Å². The summed E-state index contributed by atoms with van der Waals surface area (Å²) in [4.78, 5) is 18.0. The Morgan fingerprint density at radius 2 is 2.00 bits per heavy atom. The maximum atomic E-state index is 12.6. The topological polar surface area (TPSA) is 36.1 Å². The van der Waals surface area contributed by atoms with Crippen LogP contribution < -0.4 is 0 Å². The first-order chi connectivity index (χ1) is 10.7. The molecule has 0 atom stereocenters. The third-order valence-corrected chi connectivity index (χ3v) is 4.48. The van der Waals surface area contributed by atoms with Gasteiger partial charge in [0.2, 0.25) is 0 Å². The Morgan fingerprint density at radius 3 is 2.86 bits per heavy atom. The Balaban J connectivity index is 1.65. The van der Waals surface area contributed by atoms with Crippen molar-refractivity contribution < 1.29 is 4.79 Å². The first-order valence-electron chi connectivity index (χ1n) is 7.35. The van der Waals surface area contributed by atoms with Gasteiger partial charge in [-0.25, -0.2) is 0 Å². The number of carbonyl (C=O) groups is 1. The van der Waals surface area contributed by atoms with Crippen LogP contribution in [0.5, 0.6) is 0 Å². The van der Waals surface area contributed by atoms with Crippen molar-refractivity contribution in [2.75, 3.05) is 6.54 Å². The molecule has 0 aliphatic carbocycles. The zero-order chi connectivity index (χ0) is 15.1. The van der Waals surface area contributed by atoms with E-state index in [-0.39, 0.29) is 5.91 Å². The lowest BCUT2D eigenvalue weighted by molar-refractivity contribution is 0.0733. The van der Waals surface area contributed by atoms with E-state index in [1.54, 1.807) is 12.1 Å². The third-order valence-electron chi connectivity index (χ3n) is 4.24. The number of aromatic nitrogens is 1. The van der Waals surface area contributed by atoms with E-state index in [1.807, 2.05) is 23.1 Å². The smallest absolute Gasteiger partial charge is 0.254 e. The van der Waals surface area contributed by atoms with Gasteiger partial charge in [0.15, 0.2) is 0 Å². The summed E-state index contributed by atoms with van der Waals surface area (Å²) in [6.07, 6.45) is 0.881. The number of fused-ring (bicyclic) bond motifs is 3. The van der Waals surface area contributed by atoms with Crippen LogP contribution in [0.15, 0.2) is 48.5 Å². The zero-order valence-electron chi connectivity index (χ0n) is 12.0. The Kier molecular flexibility index (Phi) is 3.16. The number of para-hydroxylation sites is 1. The Hall–Kier alpha value is -2.26. The summed E-state index contributed by atoms with van der Waals surface area (Å²) < 4.78 is 0. The van der Waals surface area contributed by atoms with E-state index in [4.69, 9.17) is 11.6 Å². The Labute approximate surface area is 133 Å². The number of benzene rings is 2. The first-order valence-corrected chi connectivity index (χ1v) is 7.73. The van der Waals surface area contributed by atoms with Gasteiger partial charge < -0.3 is 9.88 Å². The van der Waals surface area contributed by atoms with E-state index in [0.29, 0.717) is 17.1 Å². The number of hydrogen-bond donors (Lipinski definition) is 1. The minimum Gasteiger partial charge on any atom is -0.357 e. The fraction of sp³-hybridized carbons (Fsp3) is 0.167. The maximum absolute atomic E-state index is 12.6. The molecule has 0 radical (unpaired) electrons. The SMILES string of the molecule is O=C(c1cccc(Cl)c1)N1CCc2c([nH]c3ccccc23)C1. The molecular formula is C18H15ClN2O. The van der Waals surface area contributed by atoms with Crippen molar-refractivity contribution in [2.24, 2.45) is 0 Å². The molecule has 0 saturated carbocycles. The normalized spacial score (nSPS) is 14.1. The average molecular weight is 311 g/mol. The standard InChI is InChI=1S/C18H15ClN2O/c19-13-5-3-4-12(10-13)18(22)21-9-8-15-14-6-1-2-7-16(14)20-17(15)11-21/h1-7,10,20H,8-9,11H2. The van der Waals surface area contributed by atoms with Gasteiger partial charge in [-0.05, 0) is 36.2 Å². The zero-order valence-corrected chi connectivity index (χ0v) is 12.7.